The van der Waals surface area contributed by atoms with E-state index >= 15 is 0 Å². The number of carbonyl (C=O) groups is 1. The van der Waals surface area contributed by atoms with Gasteiger partial charge in [0.1, 0.15) is 0 Å². The Morgan fingerprint density at radius 3 is 2.50 bits per heavy atom. The minimum Gasteiger partial charge on any atom is -0.378 e. The summed E-state index contributed by atoms with van der Waals surface area (Å²) in [6.45, 7) is 2.62. The molecule has 0 unspecified atom stereocenters. The van der Waals surface area contributed by atoms with Crippen molar-refractivity contribution in [3.63, 3.8) is 0 Å². The highest BCUT2D eigenvalue weighted by molar-refractivity contribution is 7.80. The number of hydrogen-bond donors (Lipinski definition) is 1. The molecule has 1 amide bonds. The number of rotatable bonds is 3. The molecule has 1 aromatic rings. The van der Waals surface area contributed by atoms with Crippen LogP contribution >= 0.6 is 35.4 Å². The zero-order valence-electron chi connectivity index (χ0n) is 12.1. The number of carbonyl (C=O) groups excluding carboxylic acids is 1. The van der Waals surface area contributed by atoms with Gasteiger partial charge in [0.05, 0.1) is 19.8 Å². The van der Waals surface area contributed by atoms with Gasteiger partial charge in [-0.05, 0) is 30.4 Å². The van der Waals surface area contributed by atoms with Crippen LogP contribution in [0.4, 0.5) is 5.69 Å². The maximum absolute atomic E-state index is 12.2. The Balaban J connectivity index is 1.89. The van der Waals surface area contributed by atoms with Crippen LogP contribution in [0.15, 0.2) is 18.2 Å². The Labute approximate surface area is 145 Å². The molecule has 1 saturated heterocycles. The van der Waals surface area contributed by atoms with E-state index in [0.29, 0.717) is 47.1 Å². The third-order valence-electron chi connectivity index (χ3n) is 3.20. The zero-order valence-corrected chi connectivity index (χ0v) is 14.5. The van der Waals surface area contributed by atoms with Gasteiger partial charge in [-0.2, -0.15) is 0 Å². The number of benzene rings is 1. The first-order valence-electron chi connectivity index (χ1n) is 6.79. The Hall–Kier alpha value is -1.08. The van der Waals surface area contributed by atoms with Crippen LogP contribution in [0, 0.1) is 0 Å². The molecule has 0 spiro atoms. The quantitative estimate of drug-likeness (QED) is 0.837. The SMILES string of the molecule is CN(CC(=O)N1CCOCC1)C(=S)Nc1cc(Cl)cc(Cl)c1. The maximum atomic E-state index is 12.2. The molecule has 0 atom stereocenters. The van der Waals surface area contributed by atoms with E-state index in [1.807, 2.05) is 0 Å². The number of likely N-dealkylation sites (N-methyl/N-ethyl adjacent to an activating group) is 1. The Kier molecular flexibility index (Phi) is 6.26. The third-order valence-corrected chi connectivity index (χ3v) is 4.05. The molecule has 0 saturated carbocycles. The van der Waals surface area contributed by atoms with Crippen molar-refractivity contribution in [3.05, 3.63) is 28.2 Å². The van der Waals surface area contributed by atoms with E-state index in [4.69, 9.17) is 40.2 Å². The fourth-order valence-electron chi connectivity index (χ4n) is 2.03. The van der Waals surface area contributed by atoms with Gasteiger partial charge in [-0.3, -0.25) is 4.79 Å². The molecule has 1 aliphatic rings. The normalized spacial score (nSPS) is 14.6. The number of morpholine rings is 1. The molecular formula is C14H17Cl2N3O2S. The molecular weight excluding hydrogens is 345 g/mol. The van der Waals surface area contributed by atoms with Crippen molar-refractivity contribution in [1.82, 2.24) is 9.80 Å². The lowest BCUT2D eigenvalue weighted by molar-refractivity contribution is -0.135. The van der Waals surface area contributed by atoms with Gasteiger partial charge in [-0.25, -0.2) is 0 Å². The Morgan fingerprint density at radius 2 is 1.91 bits per heavy atom. The topological polar surface area (TPSA) is 44.8 Å². The third kappa shape index (κ3) is 4.98. The average Bonchev–Trinajstić information content (AvgIpc) is 2.46. The molecule has 0 radical (unpaired) electrons. The van der Waals surface area contributed by atoms with Gasteiger partial charge in [0.2, 0.25) is 5.91 Å². The largest absolute Gasteiger partial charge is 0.378 e. The van der Waals surface area contributed by atoms with Gasteiger partial charge in [0.15, 0.2) is 5.11 Å². The Morgan fingerprint density at radius 1 is 1.32 bits per heavy atom. The summed E-state index contributed by atoms with van der Waals surface area (Å²) < 4.78 is 5.23. The fourth-order valence-corrected chi connectivity index (χ4v) is 2.74. The predicted molar refractivity (Wildman–Crippen MR) is 92.7 cm³/mol. The van der Waals surface area contributed by atoms with Crippen LogP contribution < -0.4 is 5.32 Å². The first-order valence-corrected chi connectivity index (χ1v) is 7.96. The second kappa shape index (κ2) is 7.97. The van der Waals surface area contributed by atoms with Crippen LogP contribution in [-0.4, -0.2) is 60.7 Å². The second-order valence-electron chi connectivity index (χ2n) is 4.94. The van der Waals surface area contributed by atoms with Crippen molar-refractivity contribution in [2.24, 2.45) is 0 Å². The number of ether oxygens (including phenoxy) is 1. The first kappa shape index (κ1) is 17.3. The molecule has 2 rings (SSSR count). The monoisotopic (exact) mass is 361 g/mol. The molecule has 1 aliphatic heterocycles. The van der Waals surface area contributed by atoms with Crippen molar-refractivity contribution in [2.75, 3.05) is 45.2 Å². The van der Waals surface area contributed by atoms with E-state index in [1.165, 1.54) is 0 Å². The zero-order chi connectivity index (χ0) is 16.1. The molecule has 1 fully saturated rings. The molecule has 0 bridgehead atoms. The summed E-state index contributed by atoms with van der Waals surface area (Å²) in [6.07, 6.45) is 0. The highest BCUT2D eigenvalue weighted by Crippen LogP contribution is 2.22. The minimum absolute atomic E-state index is 0.0269. The molecule has 5 nitrogen and oxygen atoms in total. The molecule has 1 N–H and O–H groups in total. The van der Waals surface area contributed by atoms with E-state index in [0.717, 1.165) is 0 Å². The molecule has 1 heterocycles. The molecule has 8 heteroatoms. The van der Waals surface area contributed by atoms with Crippen LogP contribution in [0.25, 0.3) is 0 Å². The van der Waals surface area contributed by atoms with Gasteiger partial charge in [0, 0.05) is 35.9 Å². The van der Waals surface area contributed by atoms with E-state index in [1.54, 1.807) is 35.0 Å². The van der Waals surface area contributed by atoms with Crippen LogP contribution in [-0.2, 0) is 9.53 Å². The van der Waals surface area contributed by atoms with E-state index in [9.17, 15) is 4.79 Å². The lowest BCUT2D eigenvalue weighted by Gasteiger charge is -2.29. The van der Waals surface area contributed by atoms with E-state index < -0.39 is 0 Å². The number of thiocarbonyl (C=S) groups is 1. The van der Waals surface area contributed by atoms with Gasteiger partial charge in [0.25, 0.3) is 0 Å². The number of hydrogen-bond acceptors (Lipinski definition) is 3. The average molecular weight is 362 g/mol. The number of anilines is 1. The first-order chi connectivity index (χ1) is 10.5. The van der Waals surface area contributed by atoms with Gasteiger partial charge in [-0.1, -0.05) is 23.2 Å². The fraction of sp³-hybridized carbons (Fsp3) is 0.429. The van der Waals surface area contributed by atoms with Crippen LogP contribution in [0.1, 0.15) is 0 Å². The molecule has 0 aliphatic carbocycles. The second-order valence-corrected chi connectivity index (χ2v) is 6.20. The van der Waals surface area contributed by atoms with Gasteiger partial charge >= 0.3 is 0 Å². The highest BCUT2D eigenvalue weighted by Gasteiger charge is 2.19. The molecule has 0 aromatic heterocycles. The van der Waals surface area contributed by atoms with Crippen molar-refractivity contribution in [1.29, 1.82) is 0 Å². The summed E-state index contributed by atoms with van der Waals surface area (Å²) in [7, 11) is 1.76. The van der Waals surface area contributed by atoms with Crippen molar-refractivity contribution >= 4 is 52.1 Å². The summed E-state index contributed by atoms with van der Waals surface area (Å²) in [5.74, 6) is 0.0269. The minimum atomic E-state index is 0.0269. The van der Waals surface area contributed by atoms with E-state index in [-0.39, 0.29) is 12.5 Å². The van der Waals surface area contributed by atoms with Crippen LogP contribution in [0.5, 0.6) is 0 Å². The van der Waals surface area contributed by atoms with Crippen LogP contribution in [0.3, 0.4) is 0 Å². The predicted octanol–water partition coefficient (Wildman–Crippen LogP) is 2.48. The lowest BCUT2D eigenvalue weighted by atomic mass is 10.3. The summed E-state index contributed by atoms with van der Waals surface area (Å²) in [6, 6.07) is 5.08. The number of amides is 1. The summed E-state index contributed by atoms with van der Waals surface area (Å²) in [5.41, 5.74) is 0.688. The van der Waals surface area contributed by atoms with Crippen molar-refractivity contribution < 1.29 is 9.53 Å². The standard InChI is InChI=1S/C14H17Cl2N3O2S/c1-18(9-13(20)19-2-4-21-5-3-19)14(22)17-12-7-10(15)6-11(16)8-12/h6-8H,2-5,9H2,1H3,(H,17,22). The lowest BCUT2D eigenvalue weighted by Crippen LogP contribution is -2.46. The number of halogens is 2. The van der Waals surface area contributed by atoms with Gasteiger partial charge < -0.3 is 19.9 Å². The summed E-state index contributed by atoms with van der Waals surface area (Å²) >= 11 is 17.2. The Bertz CT molecular complexity index is 545. The van der Waals surface area contributed by atoms with Gasteiger partial charge in [-0.15, -0.1) is 0 Å². The maximum Gasteiger partial charge on any atom is 0.242 e. The highest BCUT2D eigenvalue weighted by atomic mass is 35.5. The summed E-state index contributed by atoms with van der Waals surface area (Å²) in [4.78, 5) is 15.6. The molecule has 1 aromatic carbocycles. The molecule has 120 valence electrons. The smallest absolute Gasteiger partial charge is 0.242 e. The van der Waals surface area contributed by atoms with E-state index in [2.05, 4.69) is 5.32 Å². The number of nitrogens with zero attached hydrogens (tertiary/aromatic N) is 2. The van der Waals surface area contributed by atoms with Crippen LogP contribution in [0.2, 0.25) is 10.0 Å². The van der Waals surface area contributed by atoms with Crippen molar-refractivity contribution in [2.45, 2.75) is 0 Å². The summed E-state index contributed by atoms with van der Waals surface area (Å²) in [5, 5.41) is 4.49. The number of nitrogens with one attached hydrogen (secondary N) is 1. The van der Waals surface area contributed by atoms with Crippen molar-refractivity contribution in [3.8, 4) is 0 Å². The molecule has 22 heavy (non-hydrogen) atoms.